The summed E-state index contributed by atoms with van der Waals surface area (Å²) in [6.45, 7) is 4.86. The molecule has 1 aromatic heterocycles. The molecule has 2 aromatic rings. The van der Waals surface area contributed by atoms with Gasteiger partial charge in [-0.05, 0) is 55.0 Å². The maximum Gasteiger partial charge on any atom is 0.263 e. The van der Waals surface area contributed by atoms with Crippen molar-refractivity contribution in [2.24, 2.45) is 11.8 Å². The molecule has 3 atom stereocenters. The van der Waals surface area contributed by atoms with Crippen LogP contribution in [0.3, 0.4) is 0 Å². The number of anilines is 1. The number of pyridine rings is 1. The van der Waals surface area contributed by atoms with Crippen molar-refractivity contribution in [1.82, 2.24) is 10.3 Å². The van der Waals surface area contributed by atoms with Crippen LogP contribution in [0.15, 0.2) is 36.5 Å². The van der Waals surface area contributed by atoms with Gasteiger partial charge >= 0.3 is 0 Å². The molecular weight excluding hydrogens is 414 g/mol. The van der Waals surface area contributed by atoms with Crippen molar-refractivity contribution in [2.45, 2.75) is 52.0 Å². The van der Waals surface area contributed by atoms with E-state index in [0.717, 1.165) is 12.8 Å². The third-order valence-corrected chi connectivity index (χ3v) is 6.74. The van der Waals surface area contributed by atoms with Crippen LogP contribution in [0.4, 0.5) is 5.69 Å². The van der Waals surface area contributed by atoms with Gasteiger partial charge in [-0.25, -0.2) is 4.98 Å². The Labute approximate surface area is 187 Å². The molecular formula is C24H28ClN3O3. The average Bonchev–Trinajstić information content (AvgIpc) is 2.86. The number of benzene rings is 1. The first-order valence-electron chi connectivity index (χ1n) is 11.0. The van der Waals surface area contributed by atoms with Crippen LogP contribution in [-0.2, 0) is 4.79 Å². The zero-order valence-electron chi connectivity index (χ0n) is 17.9. The molecule has 2 aliphatic rings. The van der Waals surface area contributed by atoms with Crippen LogP contribution in [0.2, 0.25) is 5.02 Å². The minimum atomic E-state index is -0.209. The number of nitrogens with zero attached hydrogens (tertiary/aromatic N) is 2. The van der Waals surface area contributed by atoms with E-state index in [9.17, 15) is 9.59 Å². The summed E-state index contributed by atoms with van der Waals surface area (Å²) in [6, 6.07) is 8.81. The Morgan fingerprint density at radius 1 is 1.29 bits per heavy atom. The first kappa shape index (κ1) is 21.6. The lowest BCUT2D eigenvalue weighted by atomic mass is 9.78. The Morgan fingerprint density at radius 3 is 2.97 bits per heavy atom. The summed E-state index contributed by atoms with van der Waals surface area (Å²) in [7, 11) is 0. The van der Waals surface area contributed by atoms with Gasteiger partial charge in [-0.15, -0.1) is 0 Å². The van der Waals surface area contributed by atoms with Crippen molar-refractivity contribution in [3.05, 3.63) is 47.1 Å². The van der Waals surface area contributed by atoms with Crippen LogP contribution in [0, 0.1) is 11.8 Å². The van der Waals surface area contributed by atoms with E-state index >= 15 is 0 Å². The second-order valence-corrected chi connectivity index (χ2v) is 9.01. The summed E-state index contributed by atoms with van der Waals surface area (Å²) in [5, 5.41) is 3.72. The van der Waals surface area contributed by atoms with E-state index in [2.05, 4.69) is 24.1 Å². The van der Waals surface area contributed by atoms with Crippen LogP contribution in [0.25, 0.3) is 0 Å². The van der Waals surface area contributed by atoms with Gasteiger partial charge < -0.3 is 15.0 Å². The number of hydrogen-bond donors (Lipinski definition) is 1. The Morgan fingerprint density at radius 2 is 2.13 bits per heavy atom. The van der Waals surface area contributed by atoms with Gasteiger partial charge in [0.2, 0.25) is 11.8 Å². The van der Waals surface area contributed by atoms with Gasteiger partial charge in [0.05, 0.1) is 5.69 Å². The van der Waals surface area contributed by atoms with E-state index in [0.29, 0.717) is 53.2 Å². The fraction of sp³-hybridized carbons (Fsp3) is 0.458. The predicted molar refractivity (Wildman–Crippen MR) is 121 cm³/mol. The minimum Gasteiger partial charge on any atom is -0.436 e. The first-order chi connectivity index (χ1) is 14.9. The Kier molecular flexibility index (Phi) is 6.46. The second-order valence-electron chi connectivity index (χ2n) is 8.57. The van der Waals surface area contributed by atoms with Gasteiger partial charge in [0, 0.05) is 30.2 Å². The molecule has 2 heterocycles. The fourth-order valence-electron chi connectivity index (χ4n) is 4.47. The molecule has 7 heteroatoms. The fourth-order valence-corrected chi connectivity index (χ4v) is 4.63. The van der Waals surface area contributed by atoms with Crippen molar-refractivity contribution in [3.8, 4) is 11.6 Å². The highest BCUT2D eigenvalue weighted by Crippen LogP contribution is 2.39. The van der Waals surface area contributed by atoms with Gasteiger partial charge in [-0.3, -0.25) is 9.59 Å². The Hall–Kier alpha value is -2.60. The quantitative estimate of drug-likeness (QED) is 0.691. The van der Waals surface area contributed by atoms with E-state index in [1.807, 2.05) is 0 Å². The molecule has 1 fully saturated rings. The molecule has 0 bridgehead atoms. The number of halogens is 1. The maximum absolute atomic E-state index is 13.2. The summed E-state index contributed by atoms with van der Waals surface area (Å²) in [5.41, 5.74) is 0.981. The van der Waals surface area contributed by atoms with Crippen LogP contribution < -0.4 is 15.0 Å². The molecule has 1 aliphatic heterocycles. The number of ether oxygens (including phenoxy) is 1. The van der Waals surface area contributed by atoms with Crippen molar-refractivity contribution in [2.75, 3.05) is 11.4 Å². The van der Waals surface area contributed by atoms with Crippen molar-refractivity contribution in [1.29, 1.82) is 0 Å². The molecule has 31 heavy (non-hydrogen) atoms. The monoisotopic (exact) mass is 441 g/mol. The minimum absolute atomic E-state index is 0.0397. The number of fused-ring (bicyclic) bond motifs is 2. The molecule has 0 spiro atoms. The van der Waals surface area contributed by atoms with Gasteiger partial charge in [0.25, 0.3) is 5.91 Å². The first-order valence-corrected chi connectivity index (χ1v) is 11.4. The Balaban J connectivity index is 1.45. The topological polar surface area (TPSA) is 71.5 Å². The second kappa shape index (κ2) is 9.27. The van der Waals surface area contributed by atoms with Crippen molar-refractivity contribution >= 4 is 29.1 Å². The third-order valence-electron chi connectivity index (χ3n) is 6.50. The molecule has 6 nitrogen and oxygen atoms in total. The van der Waals surface area contributed by atoms with Crippen LogP contribution in [0.1, 0.15) is 56.3 Å². The number of nitrogens with one attached hydrogen (secondary N) is 1. The number of hydrogen-bond acceptors (Lipinski definition) is 4. The summed E-state index contributed by atoms with van der Waals surface area (Å²) in [5.74, 6) is 1.74. The SMILES string of the molecule is C[C@H]1[C@H](C)CCC[C@@H]1NC(=O)CCCN1C(=O)c2cccnc2Oc2ccc(Cl)cc21. The number of carbonyl (C=O) groups is 2. The van der Waals surface area contributed by atoms with Gasteiger partial charge in [-0.1, -0.05) is 38.3 Å². The summed E-state index contributed by atoms with van der Waals surface area (Å²) in [6.07, 6.45) is 5.91. The van der Waals surface area contributed by atoms with Crippen LogP contribution >= 0.6 is 11.6 Å². The molecule has 0 saturated heterocycles. The molecule has 0 radical (unpaired) electrons. The largest absolute Gasteiger partial charge is 0.436 e. The van der Waals surface area contributed by atoms with E-state index in [-0.39, 0.29) is 23.7 Å². The van der Waals surface area contributed by atoms with Crippen molar-refractivity contribution < 1.29 is 14.3 Å². The van der Waals surface area contributed by atoms with Crippen LogP contribution in [0.5, 0.6) is 11.6 Å². The number of aromatic nitrogens is 1. The molecule has 1 saturated carbocycles. The zero-order chi connectivity index (χ0) is 22.0. The van der Waals surface area contributed by atoms with E-state index < -0.39 is 0 Å². The maximum atomic E-state index is 13.2. The summed E-state index contributed by atoms with van der Waals surface area (Å²) < 4.78 is 5.90. The van der Waals surface area contributed by atoms with Gasteiger partial charge in [-0.2, -0.15) is 0 Å². The molecule has 4 rings (SSSR count). The van der Waals surface area contributed by atoms with E-state index in [4.69, 9.17) is 16.3 Å². The predicted octanol–water partition coefficient (Wildman–Crippen LogP) is 5.21. The normalized spacial score (nSPS) is 22.7. The molecule has 1 aliphatic carbocycles. The lowest BCUT2D eigenvalue weighted by molar-refractivity contribution is -0.122. The highest BCUT2D eigenvalue weighted by molar-refractivity contribution is 6.31. The third kappa shape index (κ3) is 4.69. The highest BCUT2D eigenvalue weighted by Gasteiger charge is 2.30. The van der Waals surface area contributed by atoms with Gasteiger partial charge in [0.15, 0.2) is 5.75 Å². The Bertz CT molecular complexity index is 980. The lowest BCUT2D eigenvalue weighted by Crippen LogP contribution is -2.43. The van der Waals surface area contributed by atoms with E-state index in [1.165, 1.54) is 6.42 Å². The lowest BCUT2D eigenvalue weighted by Gasteiger charge is -2.34. The molecule has 0 unspecified atom stereocenters. The van der Waals surface area contributed by atoms with Gasteiger partial charge in [0.1, 0.15) is 5.56 Å². The number of rotatable bonds is 5. The standard InChI is InChI=1S/C24H28ClN3O3/c1-15-6-3-8-19(16(15)2)27-22(29)9-5-13-28-20-14-17(25)10-11-21(20)31-23-18(24(28)30)7-4-12-26-23/h4,7,10-12,14-16,19H,3,5-6,8-9,13H2,1-2H3,(H,27,29)/t15-,16+,19+/m1/s1. The average molecular weight is 442 g/mol. The van der Waals surface area contributed by atoms with E-state index in [1.54, 1.807) is 41.4 Å². The molecule has 2 amide bonds. The zero-order valence-corrected chi connectivity index (χ0v) is 18.7. The highest BCUT2D eigenvalue weighted by atomic mass is 35.5. The number of amides is 2. The molecule has 1 aromatic carbocycles. The molecule has 1 N–H and O–H groups in total. The summed E-state index contributed by atoms with van der Waals surface area (Å²) >= 11 is 6.20. The van der Waals surface area contributed by atoms with Crippen LogP contribution in [-0.4, -0.2) is 29.4 Å². The molecule has 164 valence electrons. The summed E-state index contributed by atoms with van der Waals surface area (Å²) in [4.78, 5) is 31.7. The van der Waals surface area contributed by atoms with Crippen molar-refractivity contribution in [3.63, 3.8) is 0 Å². The number of carbonyl (C=O) groups excluding carboxylic acids is 2. The smallest absolute Gasteiger partial charge is 0.263 e.